The van der Waals surface area contributed by atoms with Gasteiger partial charge in [-0.25, -0.2) is 18.5 Å². The van der Waals surface area contributed by atoms with Gasteiger partial charge in [0.2, 0.25) is 0 Å². The first-order valence-corrected chi connectivity index (χ1v) is 10.1. The first-order chi connectivity index (χ1) is 11.5. The minimum atomic E-state index is -5.05. The van der Waals surface area contributed by atoms with Crippen molar-refractivity contribution in [1.29, 1.82) is 0 Å². The highest BCUT2D eigenvalue weighted by atomic mass is 31.3. The third kappa shape index (κ3) is 29.7. The van der Waals surface area contributed by atoms with Gasteiger partial charge in [0.05, 0.1) is 12.8 Å². The Kier molecular flexibility index (Phi) is 13.0. The zero-order valence-electron chi connectivity index (χ0n) is 12.5. The van der Waals surface area contributed by atoms with Crippen molar-refractivity contribution < 1.29 is 87.1 Å². The van der Waals surface area contributed by atoms with Gasteiger partial charge in [0.1, 0.15) is 0 Å². The summed E-state index contributed by atoms with van der Waals surface area (Å²) in [5, 5.41) is 33.8. The predicted molar refractivity (Wildman–Crippen MR) is 76.5 cm³/mol. The minimum Gasteiger partial charge on any atom is -0.481 e. The van der Waals surface area contributed by atoms with E-state index in [0.717, 1.165) is 0 Å². The van der Waals surface area contributed by atoms with Gasteiger partial charge < -0.3 is 54.7 Å². The number of phosphoric acid groups is 3. The van der Waals surface area contributed by atoms with Crippen LogP contribution in [0.4, 0.5) is 0 Å². The normalized spacial score (nSPS) is 12.0. The fraction of sp³-hybridized carbons (Fsp3) is 0.500. The van der Waals surface area contributed by atoms with Gasteiger partial charge in [0, 0.05) is 0 Å². The largest absolute Gasteiger partial charge is 0.481 e. The van der Waals surface area contributed by atoms with Crippen LogP contribution in [0.25, 0.3) is 0 Å². The summed E-state index contributed by atoms with van der Waals surface area (Å²) in [4.78, 5) is 83.0. The molecule has 0 rings (SSSR count). The second-order valence-electron chi connectivity index (χ2n) is 4.05. The Morgan fingerprint density at radius 3 is 1.00 bits per heavy atom. The number of hydrogen-bond donors (Lipinski definition) is 11. The highest BCUT2D eigenvalue weighted by Crippen LogP contribution is 2.53. The number of carboxylic acids is 3. The number of carboxylic acid groups (broad SMARTS) is 3. The van der Waals surface area contributed by atoms with Crippen molar-refractivity contribution in [3.63, 3.8) is 0 Å². The van der Waals surface area contributed by atoms with Gasteiger partial charge in [-0.15, -0.1) is 0 Å². The highest BCUT2D eigenvalue weighted by Gasteiger charge is 2.40. The van der Waals surface area contributed by atoms with E-state index in [0.29, 0.717) is 0 Å². The van der Waals surface area contributed by atoms with Crippen molar-refractivity contribution in [2.45, 2.75) is 18.4 Å². The third-order valence-corrected chi connectivity index (χ3v) is 3.20. The van der Waals surface area contributed by atoms with E-state index in [9.17, 15) is 23.5 Å². The maximum absolute atomic E-state index is 10.3. The van der Waals surface area contributed by atoms with Crippen LogP contribution in [0.5, 0.6) is 0 Å². The van der Waals surface area contributed by atoms with Crippen molar-refractivity contribution in [2.75, 3.05) is 0 Å². The molecule has 0 radical (unpaired) electrons. The average molecular weight is 468 g/mol. The van der Waals surface area contributed by atoms with Gasteiger partial charge in [-0.05, 0) is 0 Å². The fourth-order valence-corrected chi connectivity index (χ4v) is 1.96. The van der Waals surface area contributed by atoms with Crippen LogP contribution in [0.1, 0.15) is 12.8 Å². The van der Waals surface area contributed by atoms with Crippen LogP contribution in [0.15, 0.2) is 0 Å². The minimum absolute atomic E-state index is 1.14. The van der Waals surface area contributed by atoms with E-state index < -0.39 is 59.8 Å². The Bertz CT molecular complexity index is 604. The van der Waals surface area contributed by atoms with E-state index in [1.165, 1.54) is 0 Å². The molecule has 18 nitrogen and oxygen atoms in total. The highest BCUT2D eigenvalue weighted by molar-refractivity contribution is 7.60. The van der Waals surface area contributed by atoms with Gasteiger partial charge in [-0.1, -0.05) is 0 Å². The predicted octanol–water partition coefficient (Wildman–Crippen LogP) is -2.99. The van der Waals surface area contributed by atoms with E-state index in [1.54, 1.807) is 0 Å². The molecule has 0 saturated carbocycles. The van der Waals surface area contributed by atoms with E-state index in [4.69, 9.17) is 59.2 Å². The van der Waals surface area contributed by atoms with Crippen LogP contribution in [0.2, 0.25) is 0 Å². The molecule has 0 spiro atoms. The number of aliphatic hydroxyl groups is 1. The molecule has 0 unspecified atom stereocenters. The van der Waals surface area contributed by atoms with Gasteiger partial charge in [0.15, 0.2) is 5.60 Å². The molecule has 0 heterocycles. The first kappa shape index (κ1) is 30.5. The molecule has 27 heavy (non-hydrogen) atoms. The second kappa shape index (κ2) is 11.6. The maximum atomic E-state index is 10.3. The fourth-order valence-electron chi connectivity index (χ4n) is 0.853. The molecule has 162 valence electrons. The summed E-state index contributed by atoms with van der Waals surface area (Å²) < 4.78 is 31.1. The van der Waals surface area contributed by atoms with Crippen molar-refractivity contribution in [2.24, 2.45) is 0 Å². The zero-order valence-corrected chi connectivity index (χ0v) is 15.2. The molecule has 0 saturated heterocycles. The van der Waals surface area contributed by atoms with Crippen molar-refractivity contribution in [3.8, 4) is 0 Å². The van der Waals surface area contributed by atoms with Gasteiger partial charge in [-0.3, -0.25) is 9.59 Å². The molecule has 0 amide bonds. The smallest absolute Gasteiger partial charge is 0.478 e. The van der Waals surface area contributed by atoms with Gasteiger partial charge in [-0.2, -0.15) is 4.31 Å². The Morgan fingerprint density at radius 1 is 0.704 bits per heavy atom. The monoisotopic (exact) mass is 468 g/mol. The molecule has 0 atom stereocenters. The number of rotatable bonds is 7. The zero-order chi connectivity index (χ0) is 22.9. The second-order valence-corrected chi connectivity index (χ2v) is 7.70. The molecular formula is C6H15O18P3. The Labute approximate surface area is 148 Å². The number of aliphatic carboxylic acids is 3. The van der Waals surface area contributed by atoms with Crippen molar-refractivity contribution >= 4 is 41.4 Å². The number of carbonyl (C=O) groups is 3. The molecule has 0 fully saturated rings. The van der Waals surface area contributed by atoms with E-state index >= 15 is 0 Å². The molecule has 0 aliphatic rings. The van der Waals surface area contributed by atoms with Crippen LogP contribution >= 0.6 is 23.5 Å². The third-order valence-electron chi connectivity index (χ3n) is 1.50. The molecule has 0 aliphatic heterocycles. The van der Waals surface area contributed by atoms with Gasteiger partial charge in [0.25, 0.3) is 0 Å². The lowest BCUT2D eigenvalue weighted by atomic mass is 9.96. The summed E-state index contributed by atoms with van der Waals surface area (Å²) in [6.45, 7) is 0. The van der Waals surface area contributed by atoms with Crippen molar-refractivity contribution in [3.05, 3.63) is 0 Å². The van der Waals surface area contributed by atoms with E-state index in [2.05, 4.69) is 4.31 Å². The van der Waals surface area contributed by atoms with Crippen LogP contribution in [0.3, 0.4) is 0 Å². The molecule has 0 aliphatic carbocycles. The summed E-state index contributed by atoms with van der Waals surface area (Å²) in [7, 11) is -14.7. The molecule has 0 aromatic heterocycles. The summed E-state index contributed by atoms with van der Waals surface area (Å²) >= 11 is 0. The van der Waals surface area contributed by atoms with Crippen LogP contribution < -0.4 is 0 Å². The quantitative estimate of drug-likeness (QED) is 0.166. The van der Waals surface area contributed by atoms with E-state index in [-0.39, 0.29) is 0 Å². The van der Waals surface area contributed by atoms with Crippen LogP contribution in [-0.4, -0.2) is 78.2 Å². The topological polar surface area (TPSA) is 334 Å². The summed E-state index contributed by atoms with van der Waals surface area (Å²) in [5.41, 5.74) is -2.74. The van der Waals surface area contributed by atoms with Crippen molar-refractivity contribution in [1.82, 2.24) is 0 Å². The van der Waals surface area contributed by atoms with E-state index in [1.807, 2.05) is 0 Å². The first-order valence-electron chi connectivity index (χ1n) is 5.48. The molecular weight excluding hydrogens is 453 g/mol. The molecule has 0 bridgehead atoms. The Balaban J connectivity index is -0.000000356. The average Bonchev–Trinajstić information content (AvgIpc) is 2.18. The molecule has 0 aromatic rings. The number of hydrogen-bond acceptors (Lipinski definition) is 8. The summed E-state index contributed by atoms with van der Waals surface area (Å²) in [5.74, 6) is -5.02. The lowest BCUT2D eigenvalue weighted by Crippen LogP contribution is -2.42. The van der Waals surface area contributed by atoms with Crippen LogP contribution in [0, 0.1) is 0 Å². The van der Waals surface area contributed by atoms with Gasteiger partial charge >= 0.3 is 41.4 Å². The molecule has 21 heteroatoms. The summed E-state index contributed by atoms with van der Waals surface area (Å²) in [6.07, 6.45) is -2.29. The summed E-state index contributed by atoms with van der Waals surface area (Å²) in [6, 6.07) is 0. The van der Waals surface area contributed by atoms with Crippen LogP contribution in [-0.2, 0) is 32.4 Å². The molecule has 0 aromatic carbocycles. The lowest BCUT2D eigenvalue weighted by molar-refractivity contribution is -0.170. The lowest BCUT2D eigenvalue weighted by Gasteiger charge is -2.18. The maximum Gasteiger partial charge on any atom is 0.478 e. The standard InChI is InChI=1S/C6H8O7.H4O7P2.H3O4P/c7-3(8)1-6(13,5(11)12)2-4(9)10;1-8(2,3)7-9(4,5)6;1-5(2,3)4/h13H,1-2H2,(H,7,8)(H,9,10)(H,11,12);(H2,1,2,3)(H2,4,5,6);(H3,1,2,3,4). The Hall–Kier alpha value is -1.26. The Morgan fingerprint density at radius 2 is 0.926 bits per heavy atom. The SMILES string of the molecule is O=C(O)CC(O)(CC(=O)O)C(=O)O.O=P(O)(O)O.O=P(O)(O)OP(=O)(O)O. The molecule has 11 N–H and O–H groups in total.